The zero-order valence-electron chi connectivity index (χ0n) is 10.6. The first-order valence-corrected chi connectivity index (χ1v) is 6.24. The van der Waals surface area contributed by atoms with Gasteiger partial charge in [-0.05, 0) is 36.6 Å². The van der Waals surface area contributed by atoms with Crippen molar-refractivity contribution in [3.8, 4) is 11.5 Å². The highest BCUT2D eigenvalue weighted by atomic mass is 16.6. The zero-order chi connectivity index (χ0) is 14.7. The third kappa shape index (κ3) is 3.28. The van der Waals surface area contributed by atoms with Crippen molar-refractivity contribution in [2.75, 3.05) is 0 Å². The number of aromatic hydroxyl groups is 2. The Balaban J connectivity index is 1.97. The van der Waals surface area contributed by atoms with E-state index in [-0.39, 0.29) is 11.5 Å². The van der Waals surface area contributed by atoms with Crippen molar-refractivity contribution < 1.29 is 30.0 Å². The molecule has 108 valence electrons. The summed E-state index contributed by atoms with van der Waals surface area (Å²) in [6.45, 7) is 0. The molecule has 0 spiro atoms. The predicted octanol–water partition coefficient (Wildman–Crippen LogP) is 0.538. The molecule has 2 rings (SSSR count). The van der Waals surface area contributed by atoms with Crippen LogP contribution in [0.25, 0.3) is 6.08 Å². The molecule has 4 N–H and O–H groups in total. The van der Waals surface area contributed by atoms with Crippen LogP contribution in [0.5, 0.6) is 11.5 Å². The van der Waals surface area contributed by atoms with Gasteiger partial charge in [-0.25, -0.2) is 4.79 Å². The van der Waals surface area contributed by atoms with Crippen molar-refractivity contribution in [1.29, 1.82) is 0 Å². The lowest BCUT2D eigenvalue weighted by atomic mass is 10.2. The molecule has 20 heavy (non-hydrogen) atoms. The molecule has 0 heterocycles. The van der Waals surface area contributed by atoms with Crippen molar-refractivity contribution >= 4 is 12.0 Å². The van der Waals surface area contributed by atoms with Crippen LogP contribution < -0.4 is 0 Å². The van der Waals surface area contributed by atoms with E-state index in [0.717, 1.165) is 6.08 Å². The number of aliphatic hydroxyl groups is 2. The van der Waals surface area contributed by atoms with Crippen LogP contribution in [-0.2, 0) is 9.53 Å². The Morgan fingerprint density at radius 3 is 2.40 bits per heavy atom. The van der Waals surface area contributed by atoms with E-state index in [2.05, 4.69) is 0 Å². The highest BCUT2D eigenvalue weighted by Crippen LogP contribution is 2.26. The molecular weight excluding hydrogens is 264 g/mol. The number of carbonyl (C=O) groups excluding carboxylic acids is 1. The van der Waals surface area contributed by atoms with Gasteiger partial charge in [-0.2, -0.15) is 0 Å². The minimum atomic E-state index is -0.902. The number of rotatable bonds is 3. The summed E-state index contributed by atoms with van der Waals surface area (Å²) in [6, 6.07) is 4.10. The van der Waals surface area contributed by atoms with Crippen LogP contribution >= 0.6 is 0 Å². The average molecular weight is 280 g/mol. The van der Waals surface area contributed by atoms with Crippen LogP contribution in [0, 0.1) is 0 Å². The molecule has 3 atom stereocenters. The van der Waals surface area contributed by atoms with Crippen LogP contribution in [0.15, 0.2) is 24.3 Å². The second kappa shape index (κ2) is 5.94. The number of esters is 1. The van der Waals surface area contributed by atoms with Crippen molar-refractivity contribution in [2.24, 2.45) is 0 Å². The number of ether oxygens (including phenoxy) is 1. The maximum absolute atomic E-state index is 11.6. The quantitative estimate of drug-likeness (QED) is 0.366. The van der Waals surface area contributed by atoms with Gasteiger partial charge in [0.1, 0.15) is 0 Å². The molecule has 6 nitrogen and oxygen atoms in total. The van der Waals surface area contributed by atoms with E-state index in [1.165, 1.54) is 24.3 Å². The molecule has 0 amide bonds. The number of phenolic OH excluding ortho intramolecular Hbond substituents is 2. The Labute approximate surface area is 115 Å². The van der Waals surface area contributed by atoms with Gasteiger partial charge in [-0.1, -0.05) is 6.07 Å². The summed E-state index contributed by atoms with van der Waals surface area (Å²) >= 11 is 0. The van der Waals surface area contributed by atoms with Crippen LogP contribution in [0.1, 0.15) is 18.4 Å². The topological polar surface area (TPSA) is 107 Å². The number of aliphatic hydroxyl groups excluding tert-OH is 2. The molecule has 1 saturated carbocycles. The molecule has 0 bridgehead atoms. The first kappa shape index (κ1) is 14.4. The average Bonchev–Trinajstić information content (AvgIpc) is 2.72. The summed E-state index contributed by atoms with van der Waals surface area (Å²) in [5.74, 6) is -1.23. The Kier molecular flexibility index (Phi) is 4.26. The van der Waals surface area contributed by atoms with E-state index >= 15 is 0 Å². The van der Waals surface area contributed by atoms with Gasteiger partial charge in [0.25, 0.3) is 0 Å². The SMILES string of the molecule is O=C(/C=C/c1ccc(O)c(O)c1)OC1[C@H](O)CC[C@@H]1O. The lowest BCUT2D eigenvalue weighted by Crippen LogP contribution is -2.33. The summed E-state index contributed by atoms with van der Waals surface area (Å²) < 4.78 is 4.97. The largest absolute Gasteiger partial charge is 0.504 e. The van der Waals surface area contributed by atoms with Crippen molar-refractivity contribution in [3.63, 3.8) is 0 Å². The number of hydrogen-bond acceptors (Lipinski definition) is 6. The maximum Gasteiger partial charge on any atom is 0.331 e. The monoisotopic (exact) mass is 280 g/mol. The second-order valence-electron chi connectivity index (χ2n) is 4.70. The predicted molar refractivity (Wildman–Crippen MR) is 69.9 cm³/mol. The Morgan fingerprint density at radius 1 is 1.15 bits per heavy atom. The highest BCUT2D eigenvalue weighted by molar-refractivity contribution is 5.87. The third-order valence-corrected chi connectivity index (χ3v) is 3.18. The molecule has 0 aliphatic heterocycles. The van der Waals surface area contributed by atoms with E-state index in [1.54, 1.807) is 0 Å². The summed E-state index contributed by atoms with van der Waals surface area (Å²) in [6.07, 6.45) is 0.725. The summed E-state index contributed by atoms with van der Waals surface area (Å²) in [5, 5.41) is 37.5. The van der Waals surface area contributed by atoms with E-state index in [4.69, 9.17) is 9.84 Å². The molecule has 1 aromatic rings. The van der Waals surface area contributed by atoms with E-state index in [0.29, 0.717) is 18.4 Å². The van der Waals surface area contributed by atoms with Crippen LogP contribution in [0.2, 0.25) is 0 Å². The van der Waals surface area contributed by atoms with Gasteiger partial charge < -0.3 is 25.2 Å². The Morgan fingerprint density at radius 2 is 1.80 bits per heavy atom. The van der Waals surface area contributed by atoms with Gasteiger partial charge in [-0.15, -0.1) is 0 Å². The third-order valence-electron chi connectivity index (χ3n) is 3.18. The summed E-state index contributed by atoms with van der Waals surface area (Å²) in [7, 11) is 0. The second-order valence-corrected chi connectivity index (χ2v) is 4.70. The minimum absolute atomic E-state index is 0.248. The van der Waals surface area contributed by atoms with Crippen LogP contribution in [-0.4, -0.2) is 44.7 Å². The molecule has 1 aromatic carbocycles. The molecule has 1 fully saturated rings. The van der Waals surface area contributed by atoms with Crippen LogP contribution in [0.3, 0.4) is 0 Å². The molecule has 1 aliphatic carbocycles. The normalized spacial score (nSPS) is 26.0. The molecule has 0 saturated heterocycles. The van der Waals surface area contributed by atoms with Crippen molar-refractivity contribution in [1.82, 2.24) is 0 Å². The fraction of sp³-hybridized carbons (Fsp3) is 0.357. The summed E-state index contributed by atoms with van der Waals surface area (Å²) in [5.41, 5.74) is 0.504. The van der Waals surface area contributed by atoms with Crippen LogP contribution in [0.4, 0.5) is 0 Å². The lowest BCUT2D eigenvalue weighted by Gasteiger charge is -2.17. The molecule has 0 aromatic heterocycles. The standard InChI is InChI=1S/C14H16O6/c15-9-3-1-8(7-12(9)18)2-6-13(19)20-14-10(16)4-5-11(14)17/h1-3,6-7,10-11,14-18H,4-5H2/b6-2+/t10-,11+,14?. The van der Waals surface area contributed by atoms with E-state index < -0.39 is 24.3 Å². The highest BCUT2D eigenvalue weighted by Gasteiger charge is 2.36. The molecular formula is C14H16O6. The number of benzene rings is 1. The Hall–Kier alpha value is -2.05. The number of hydrogen-bond donors (Lipinski definition) is 4. The van der Waals surface area contributed by atoms with Gasteiger partial charge in [0.2, 0.25) is 0 Å². The van der Waals surface area contributed by atoms with Gasteiger partial charge in [0, 0.05) is 6.08 Å². The van der Waals surface area contributed by atoms with E-state index in [1.807, 2.05) is 0 Å². The smallest absolute Gasteiger partial charge is 0.331 e. The fourth-order valence-corrected chi connectivity index (χ4v) is 2.07. The van der Waals surface area contributed by atoms with Crippen molar-refractivity contribution in [3.05, 3.63) is 29.8 Å². The van der Waals surface area contributed by atoms with Gasteiger partial charge >= 0.3 is 5.97 Å². The summed E-state index contributed by atoms with van der Waals surface area (Å²) in [4.78, 5) is 11.6. The molecule has 1 unspecified atom stereocenters. The van der Waals surface area contributed by atoms with Gasteiger partial charge in [0.15, 0.2) is 17.6 Å². The first-order chi connectivity index (χ1) is 9.47. The maximum atomic E-state index is 11.6. The first-order valence-electron chi connectivity index (χ1n) is 6.24. The van der Waals surface area contributed by atoms with Gasteiger partial charge in [0.05, 0.1) is 12.2 Å². The Bertz CT molecular complexity index is 514. The fourth-order valence-electron chi connectivity index (χ4n) is 2.07. The molecule has 0 radical (unpaired) electrons. The molecule has 1 aliphatic rings. The lowest BCUT2D eigenvalue weighted by molar-refractivity contribution is -0.153. The number of phenols is 2. The number of carbonyl (C=O) groups is 1. The zero-order valence-corrected chi connectivity index (χ0v) is 10.6. The van der Waals surface area contributed by atoms with E-state index in [9.17, 15) is 20.1 Å². The van der Waals surface area contributed by atoms with Crippen molar-refractivity contribution in [2.45, 2.75) is 31.2 Å². The molecule has 6 heteroatoms. The minimum Gasteiger partial charge on any atom is -0.504 e. The van der Waals surface area contributed by atoms with Gasteiger partial charge in [-0.3, -0.25) is 0 Å².